The zero-order valence-electron chi connectivity index (χ0n) is 7.51. The highest BCUT2D eigenvalue weighted by Crippen LogP contribution is 2.33. The number of aliphatic carboxylic acids is 1. The van der Waals surface area contributed by atoms with Crippen LogP contribution in [-0.4, -0.2) is 11.1 Å². The van der Waals surface area contributed by atoms with Crippen molar-refractivity contribution in [2.75, 3.05) is 0 Å². The van der Waals surface area contributed by atoms with Crippen LogP contribution in [-0.2, 0) is 11.2 Å². The lowest BCUT2D eigenvalue weighted by Gasteiger charge is -2.09. The van der Waals surface area contributed by atoms with Crippen LogP contribution in [0.5, 0.6) is 0 Å². The van der Waals surface area contributed by atoms with Crippen molar-refractivity contribution in [1.29, 1.82) is 0 Å². The van der Waals surface area contributed by atoms with E-state index in [-0.39, 0.29) is 18.4 Å². The number of carboxylic acid groups (broad SMARTS) is 1. The summed E-state index contributed by atoms with van der Waals surface area (Å²) in [6.45, 7) is 0. The van der Waals surface area contributed by atoms with Crippen molar-refractivity contribution in [2.24, 2.45) is 11.7 Å². The molecular formula is C10H12ClNO2. The number of hydrogen-bond acceptors (Lipinski definition) is 2. The standard InChI is InChI=1S/C10H11NO2.ClH/c11-9-7-4-2-1-3-6(7)5-8(9)10(12)13;/h1-4,8-9H,5,11H2,(H,12,13);1H/t8-,9+;/m1./s1. The van der Waals surface area contributed by atoms with Crippen LogP contribution < -0.4 is 5.73 Å². The summed E-state index contributed by atoms with van der Waals surface area (Å²) in [5.74, 6) is -1.25. The van der Waals surface area contributed by atoms with Crippen molar-refractivity contribution < 1.29 is 9.90 Å². The molecule has 0 fully saturated rings. The first-order valence-electron chi connectivity index (χ1n) is 4.26. The van der Waals surface area contributed by atoms with E-state index in [1.165, 1.54) is 0 Å². The van der Waals surface area contributed by atoms with E-state index in [0.29, 0.717) is 6.42 Å². The van der Waals surface area contributed by atoms with Crippen LogP contribution in [0.15, 0.2) is 24.3 Å². The molecule has 3 nitrogen and oxygen atoms in total. The Bertz CT molecular complexity index is 354. The molecule has 0 aliphatic heterocycles. The lowest BCUT2D eigenvalue weighted by Crippen LogP contribution is -2.24. The number of fused-ring (bicyclic) bond motifs is 1. The van der Waals surface area contributed by atoms with Crippen LogP contribution in [0.25, 0.3) is 0 Å². The summed E-state index contributed by atoms with van der Waals surface area (Å²) in [6, 6.07) is 7.31. The van der Waals surface area contributed by atoms with Crippen LogP contribution in [0, 0.1) is 5.92 Å². The molecule has 0 amide bonds. The van der Waals surface area contributed by atoms with Gasteiger partial charge in [0.15, 0.2) is 0 Å². The number of carboxylic acids is 1. The molecule has 1 aromatic carbocycles. The molecule has 0 saturated heterocycles. The monoisotopic (exact) mass is 213 g/mol. The zero-order valence-corrected chi connectivity index (χ0v) is 8.33. The smallest absolute Gasteiger partial charge is 0.308 e. The molecule has 2 atom stereocenters. The highest BCUT2D eigenvalue weighted by molar-refractivity contribution is 5.85. The van der Waals surface area contributed by atoms with Gasteiger partial charge in [-0.2, -0.15) is 0 Å². The maximum Gasteiger partial charge on any atom is 0.308 e. The van der Waals surface area contributed by atoms with E-state index in [0.717, 1.165) is 11.1 Å². The van der Waals surface area contributed by atoms with Crippen molar-refractivity contribution in [3.05, 3.63) is 35.4 Å². The third kappa shape index (κ3) is 1.61. The van der Waals surface area contributed by atoms with Gasteiger partial charge in [0.1, 0.15) is 0 Å². The van der Waals surface area contributed by atoms with E-state index in [1.807, 2.05) is 24.3 Å². The second-order valence-corrected chi connectivity index (χ2v) is 3.37. The Morgan fingerprint density at radius 2 is 2.07 bits per heavy atom. The number of carbonyl (C=O) groups is 1. The summed E-state index contributed by atoms with van der Waals surface area (Å²) < 4.78 is 0. The molecule has 0 unspecified atom stereocenters. The molecule has 76 valence electrons. The second-order valence-electron chi connectivity index (χ2n) is 3.37. The highest BCUT2D eigenvalue weighted by Gasteiger charge is 2.34. The van der Waals surface area contributed by atoms with E-state index >= 15 is 0 Å². The first-order valence-corrected chi connectivity index (χ1v) is 4.26. The third-order valence-corrected chi connectivity index (χ3v) is 2.60. The fraction of sp³-hybridized carbons (Fsp3) is 0.300. The minimum atomic E-state index is -0.802. The number of benzene rings is 1. The van der Waals surface area contributed by atoms with E-state index in [4.69, 9.17) is 10.8 Å². The van der Waals surface area contributed by atoms with Gasteiger partial charge in [-0.05, 0) is 17.5 Å². The summed E-state index contributed by atoms with van der Waals surface area (Å²) in [6.07, 6.45) is 0.562. The van der Waals surface area contributed by atoms with Gasteiger partial charge in [0.25, 0.3) is 0 Å². The van der Waals surface area contributed by atoms with Gasteiger partial charge in [-0.3, -0.25) is 4.79 Å². The molecule has 1 aliphatic rings. The van der Waals surface area contributed by atoms with E-state index < -0.39 is 11.9 Å². The Morgan fingerprint density at radius 1 is 1.43 bits per heavy atom. The van der Waals surface area contributed by atoms with Crippen molar-refractivity contribution >= 4 is 18.4 Å². The summed E-state index contributed by atoms with van der Waals surface area (Å²) in [5, 5.41) is 8.88. The van der Waals surface area contributed by atoms with Crippen LogP contribution in [0.3, 0.4) is 0 Å². The van der Waals surface area contributed by atoms with Crippen LogP contribution in [0.1, 0.15) is 17.2 Å². The summed E-state index contributed by atoms with van der Waals surface area (Å²) in [4.78, 5) is 10.8. The van der Waals surface area contributed by atoms with Crippen LogP contribution in [0.4, 0.5) is 0 Å². The van der Waals surface area contributed by atoms with Gasteiger partial charge in [-0.25, -0.2) is 0 Å². The Morgan fingerprint density at radius 3 is 2.64 bits per heavy atom. The fourth-order valence-electron chi connectivity index (χ4n) is 1.87. The minimum absolute atomic E-state index is 0. The van der Waals surface area contributed by atoms with Gasteiger partial charge >= 0.3 is 5.97 Å². The SMILES string of the molecule is Cl.N[C@H]1c2ccccc2C[C@H]1C(=O)O. The summed E-state index contributed by atoms with van der Waals surface area (Å²) >= 11 is 0. The second kappa shape index (κ2) is 3.98. The van der Waals surface area contributed by atoms with E-state index in [2.05, 4.69) is 0 Å². The van der Waals surface area contributed by atoms with Crippen LogP contribution >= 0.6 is 12.4 Å². The maximum absolute atomic E-state index is 10.8. The maximum atomic E-state index is 10.8. The molecular weight excluding hydrogens is 202 g/mol. The molecule has 0 bridgehead atoms. The van der Waals surface area contributed by atoms with Gasteiger partial charge in [0, 0.05) is 6.04 Å². The number of halogens is 1. The van der Waals surface area contributed by atoms with Gasteiger partial charge in [0.2, 0.25) is 0 Å². The first-order chi connectivity index (χ1) is 6.20. The lowest BCUT2D eigenvalue weighted by atomic mass is 10.0. The molecule has 1 aliphatic carbocycles. The van der Waals surface area contributed by atoms with Crippen molar-refractivity contribution in [1.82, 2.24) is 0 Å². The lowest BCUT2D eigenvalue weighted by molar-refractivity contribution is -0.142. The van der Waals surface area contributed by atoms with Gasteiger partial charge in [-0.1, -0.05) is 24.3 Å². The van der Waals surface area contributed by atoms with E-state index in [9.17, 15) is 4.79 Å². The highest BCUT2D eigenvalue weighted by atomic mass is 35.5. The Hall–Kier alpha value is -1.06. The average Bonchev–Trinajstić information content (AvgIpc) is 2.45. The van der Waals surface area contributed by atoms with Gasteiger partial charge < -0.3 is 10.8 Å². The minimum Gasteiger partial charge on any atom is -0.481 e. The van der Waals surface area contributed by atoms with Gasteiger partial charge in [0.05, 0.1) is 5.92 Å². The normalized spacial score (nSPS) is 23.8. The Labute approximate surface area is 88.3 Å². The van der Waals surface area contributed by atoms with E-state index in [1.54, 1.807) is 0 Å². The molecule has 14 heavy (non-hydrogen) atoms. The number of nitrogens with two attached hydrogens (primary N) is 1. The topological polar surface area (TPSA) is 63.3 Å². The molecule has 2 rings (SSSR count). The molecule has 0 heterocycles. The number of hydrogen-bond donors (Lipinski definition) is 2. The zero-order chi connectivity index (χ0) is 9.42. The van der Waals surface area contributed by atoms with Crippen molar-refractivity contribution in [3.63, 3.8) is 0 Å². The Kier molecular flexibility index (Phi) is 3.13. The Balaban J connectivity index is 0.000000980. The predicted molar refractivity (Wildman–Crippen MR) is 55.4 cm³/mol. The fourth-order valence-corrected chi connectivity index (χ4v) is 1.87. The van der Waals surface area contributed by atoms with Crippen LogP contribution in [0.2, 0.25) is 0 Å². The predicted octanol–water partition coefficient (Wildman–Crippen LogP) is 1.37. The van der Waals surface area contributed by atoms with Crippen molar-refractivity contribution in [3.8, 4) is 0 Å². The first kappa shape index (κ1) is 11.0. The summed E-state index contributed by atoms with van der Waals surface area (Å²) in [7, 11) is 0. The average molecular weight is 214 g/mol. The molecule has 3 N–H and O–H groups in total. The molecule has 0 saturated carbocycles. The van der Waals surface area contributed by atoms with Crippen molar-refractivity contribution in [2.45, 2.75) is 12.5 Å². The molecule has 4 heteroatoms. The largest absolute Gasteiger partial charge is 0.481 e. The molecule has 1 aromatic rings. The quantitative estimate of drug-likeness (QED) is 0.741. The number of rotatable bonds is 1. The summed E-state index contributed by atoms with van der Waals surface area (Å²) in [5.41, 5.74) is 7.86. The molecule has 0 radical (unpaired) electrons. The molecule has 0 spiro atoms. The molecule has 0 aromatic heterocycles. The van der Waals surface area contributed by atoms with Gasteiger partial charge in [-0.15, -0.1) is 12.4 Å². The third-order valence-electron chi connectivity index (χ3n) is 2.60.